The highest BCUT2D eigenvalue weighted by Crippen LogP contribution is 2.45. The highest BCUT2D eigenvalue weighted by Gasteiger charge is 2.48. The number of anilines is 1. The van der Waals surface area contributed by atoms with Gasteiger partial charge in [0.1, 0.15) is 11.9 Å². The number of carbonyl (C=O) groups excluding carboxylic acids is 2. The highest BCUT2D eigenvalue weighted by atomic mass is 35.5. The summed E-state index contributed by atoms with van der Waals surface area (Å²) in [5, 5.41) is 6.94. The zero-order valence-electron chi connectivity index (χ0n) is 27.2. The first-order valence-electron chi connectivity index (χ1n) is 16.5. The van der Waals surface area contributed by atoms with Gasteiger partial charge in [0.05, 0.1) is 7.11 Å². The van der Waals surface area contributed by atoms with Crippen molar-refractivity contribution in [2.24, 2.45) is 5.92 Å². The number of benzene rings is 2. The lowest BCUT2D eigenvalue weighted by atomic mass is 9.72. The van der Waals surface area contributed by atoms with Crippen LogP contribution in [0.25, 0.3) is 0 Å². The molecule has 0 aromatic heterocycles. The molecule has 2 heterocycles. The Morgan fingerprint density at radius 3 is 2.56 bits per heavy atom. The van der Waals surface area contributed by atoms with Gasteiger partial charge in [0.2, 0.25) is 11.8 Å². The minimum absolute atomic E-state index is 0.119. The molecule has 0 radical (unpaired) electrons. The van der Waals surface area contributed by atoms with Crippen LogP contribution in [0.15, 0.2) is 42.5 Å². The summed E-state index contributed by atoms with van der Waals surface area (Å²) in [5.74, 6) is -4.61. The first kappa shape index (κ1) is 36.6. The maximum Gasteiger partial charge on any atom is 0.409 e. The number of fused-ring (bicyclic) bond motifs is 1. The number of methoxy groups -OCH3 is 1. The minimum atomic E-state index is -2.80. The molecule has 2 aromatic rings. The summed E-state index contributed by atoms with van der Waals surface area (Å²) in [4.78, 5) is 30.8. The van der Waals surface area contributed by atoms with Crippen LogP contribution >= 0.6 is 11.6 Å². The summed E-state index contributed by atoms with van der Waals surface area (Å²) in [6.07, 6.45) is 1.33. The summed E-state index contributed by atoms with van der Waals surface area (Å²) in [5.41, 5.74) is 1.30. The van der Waals surface area contributed by atoms with Gasteiger partial charge in [0.25, 0.3) is 0 Å². The van der Waals surface area contributed by atoms with Gasteiger partial charge in [0.15, 0.2) is 11.1 Å². The first-order chi connectivity index (χ1) is 22.9. The monoisotopic (exact) mass is 712 g/mol. The highest BCUT2D eigenvalue weighted by molar-refractivity contribution is 7.79. The Bertz CT molecular complexity index is 1460. The smallest absolute Gasteiger partial charge is 0.409 e. The fraction of sp³-hybridized carbons (Fsp3) is 0.588. The van der Waals surface area contributed by atoms with E-state index in [9.17, 15) is 22.6 Å². The van der Waals surface area contributed by atoms with E-state index in [0.717, 1.165) is 19.5 Å². The van der Waals surface area contributed by atoms with Gasteiger partial charge in [-0.05, 0) is 74.3 Å². The Labute approximate surface area is 287 Å². The minimum Gasteiger partial charge on any atom is -0.453 e. The molecule has 2 aromatic carbocycles. The Morgan fingerprint density at radius 1 is 1.19 bits per heavy atom. The largest absolute Gasteiger partial charge is 0.453 e. The number of rotatable bonds is 13. The maximum absolute atomic E-state index is 15.4. The number of amides is 2. The van der Waals surface area contributed by atoms with Crippen LogP contribution in [0.5, 0.6) is 0 Å². The van der Waals surface area contributed by atoms with Crippen molar-refractivity contribution in [1.82, 2.24) is 15.1 Å². The number of piperazine rings is 1. The number of halogens is 4. The van der Waals surface area contributed by atoms with E-state index in [1.54, 1.807) is 30.3 Å². The molecule has 48 heavy (non-hydrogen) atoms. The summed E-state index contributed by atoms with van der Waals surface area (Å²) >= 11 is 4.37. The second-order valence-corrected chi connectivity index (χ2v) is 14.7. The predicted octanol–water partition coefficient (Wildman–Crippen LogP) is 6.05. The van der Waals surface area contributed by atoms with Gasteiger partial charge in [-0.3, -0.25) is 14.6 Å². The number of ether oxygens (including phenoxy) is 1. The van der Waals surface area contributed by atoms with Crippen molar-refractivity contribution in [3.05, 3.63) is 64.4 Å². The molecule has 5 rings (SSSR count). The maximum atomic E-state index is 15.4. The Morgan fingerprint density at radius 2 is 1.90 bits per heavy atom. The van der Waals surface area contributed by atoms with Crippen LogP contribution < -0.4 is 10.6 Å². The summed E-state index contributed by atoms with van der Waals surface area (Å²) < 4.78 is 69.0. The lowest BCUT2D eigenvalue weighted by Gasteiger charge is -2.40. The molecular formula is C34H44ClF3N4O5S. The van der Waals surface area contributed by atoms with Crippen molar-refractivity contribution in [2.45, 2.75) is 87.4 Å². The molecule has 7 atom stereocenters. The fourth-order valence-electron chi connectivity index (χ4n) is 7.59. The van der Waals surface area contributed by atoms with E-state index >= 15 is 4.39 Å². The zero-order chi connectivity index (χ0) is 34.6. The van der Waals surface area contributed by atoms with Crippen molar-refractivity contribution >= 4 is 40.4 Å². The van der Waals surface area contributed by atoms with Crippen LogP contribution in [0.2, 0.25) is 5.02 Å². The van der Waals surface area contributed by atoms with Crippen LogP contribution in [-0.2, 0) is 27.0 Å². The second kappa shape index (κ2) is 15.9. The van der Waals surface area contributed by atoms with E-state index in [1.165, 1.54) is 31.2 Å². The van der Waals surface area contributed by atoms with Crippen LogP contribution in [0.1, 0.15) is 62.0 Å². The van der Waals surface area contributed by atoms with E-state index in [4.69, 9.17) is 20.9 Å². The average molecular weight is 713 g/mol. The van der Waals surface area contributed by atoms with Crippen LogP contribution in [0.4, 0.5) is 23.7 Å². The molecule has 2 aliphatic heterocycles. The van der Waals surface area contributed by atoms with Gasteiger partial charge in [-0.1, -0.05) is 29.8 Å². The average Bonchev–Trinajstić information content (AvgIpc) is 3.86. The molecule has 3 fully saturated rings. The molecular weight excluding hydrogens is 669 g/mol. The lowest BCUT2D eigenvalue weighted by molar-refractivity contribution is -0.122. The third kappa shape index (κ3) is 8.90. The number of likely N-dealkylation sites (N-methyl/N-ethyl adjacent to an activating group) is 1. The van der Waals surface area contributed by atoms with Crippen molar-refractivity contribution in [3.8, 4) is 0 Å². The van der Waals surface area contributed by atoms with Gasteiger partial charge in [-0.15, -0.1) is 0 Å². The molecule has 3 aliphatic rings. The third-order valence-corrected chi connectivity index (χ3v) is 11.1. The van der Waals surface area contributed by atoms with Gasteiger partial charge in [-0.2, -0.15) is 0 Å². The van der Waals surface area contributed by atoms with E-state index in [2.05, 4.69) is 15.5 Å². The SMILES string of the molecule is COC(=O)N(C)C(C(=O)Nc1cccc(F)c1CCC1NCC(CCCS(=O)O)N2CC12)C(c1ccc(Cl)cc1)C1CCC(F)(F)CC1. The van der Waals surface area contributed by atoms with E-state index < -0.39 is 46.8 Å². The van der Waals surface area contributed by atoms with Crippen molar-refractivity contribution in [3.63, 3.8) is 0 Å². The Hall–Kier alpha value is -2.71. The van der Waals surface area contributed by atoms with E-state index in [0.29, 0.717) is 47.5 Å². The summed E-state index contributed by atoms with van der Waals surface area (Å²) in [6, 6.07) is 10.9. The van der Waals surface area contributed by atoms with Crippen molar-refractivity contribution < 1.29 is 36.3 Å². The molecule has 9 nitrogen and oxygen atoms in total. The van der Waals surface area contributed by atoms with Crippen molar-refractivity contribution in [1.29, 1.82) is 0 Å². The number of carbonyl (C=O) groups is 2. The summed E-state index contributed by atoms with van der Waals surface area (Å²) in [7, 11) is 2.65. The Balaban J connectivity index is 1.35. The molecule has 7 unspecified atom stereocenters. The fourth-order valence-corrected chi connectivity index (χ4v) is 8.12. The lowest BCUT2D eigenvalue weighted by Crippen LogP contribution is -2.51. The molecule has 3 N–H and O–H groups in total. The van der Waals surface area contributed by atoms with Crippen LogP contribution in [-0.4, -0.2) is 93.7 Å². The molecule has 1 aliphatic carbocycles. The molecule has 1 saturated carbocycles. The third-order valence-electron chi connectivity index (χ3n) is 10.2. The number of hydrogen-bond acceptors (Lipinski definition) is 6. The van der Waals surface area contributed by atoms with Gasteiger partial charge >= 0.3 is 6.09 Å². The molecule has 2 saturated heterocycles. The van der Waals surface area contributed by atoms with Crippen LogP contribution in [0.3, 0.4) is 0 Å². The number of nitrogens with one attached hydrogen (secondary N) is 2. The molecule has 0 bridgehead atoms. The molecule has 14 heteroatoms. The Kier molecular flexibility index (Phi) is 12.1. The predicted molar refractivity (Wildman–Crippen MR) is 179 cm³/mol. The molecule has 2 amide bonds. The normalized spacial score (nSPS) is 25.3. The van der Waals surface area contributed by atoms with Crippen LogP contribution in [0, 0.1) is 11.7 Å². The van der Waals surface area contributed by atoms with E-state index in [-0.39, 0.29) is 49.1 Å². The van der Waals surface area contributed by atoms with Crippen molar-refractivity contribution in [2.75, 3.05) is 38.3 Å². The van der Waals surface area contributed by atoms with Gasteiger partial charge in [0, 0.05) is 79.0 Å². The summed E-state index contributed by atoms with van der Waals surface area (Å²) in [6.45, 7) is 1.65. The first-order valence-corrected chi connectivity index (χ1v) is 18.1. The van der Waals surface area contributed by atoms with Gasteiger partial charge < -0.3 is 19.9 Å². The van der Waals surface area contributed by atoms with E-state index in [1.807, 2.05) is 0 Å². The standard InChI is InChI=1S/C34H44ClF3N4O5S/c1-41(33(44)47-2)31(30(21-8-10-23(35)11-9-21)22-14-16-34(37,38)17-15-22)32(43)40-27-7-3-6-26(36)25(27)12-13-28-29-20-42(29)24(19-39-28)5-4-18-48(45)46/h3,6-11,22,24,28-31,39H,4-5,12-20H2,1-2H3,(H,40,43)(H,45,46). The number of hydrogen-bond donors (Lipinski definition) is 3. The number of alkyl halides is 2. The topological polar surface area (TPSA) is 111 Å². The molecule has 0 spiro atoms. The second-order valence-electron chi connectivity index (χ2n) is 13.2. The van der Waals surface area contributed by atoms with Gasteiger partial charge in [-0.25, -0.2) is 22.2 Å². The quantitative estimate of drug-likeness (QED) is 0.171. The zero-order valence-corrected chi connectivity index (χ0v) is 28.8. The number of nitrogens with zero attached hydrogens (tertiary/aromatic N) is 2. The molecule has 264 valence electrons.